The van der Waals surface area contributed by atoms with Crippen LogP contribution in [0.4, 0.5) is 10.6 Å². The second-order valence-corrected chi connectivity index (χ2v) is 10.8. The van der Waals surface area contributed by atoms with Crippen LogP contribution >= 0.6 is 0 Å². The summed E-state index contributed by atoms with van der Waals surface area (Å²) in [6.07, 6.45) is 1.22. The quantitative estimate of drug-likeness (QED) is 0.393. The zero-order chi connectivity index (χ0) is 26.8. The third kappa shape index (κ3) is 10.6. The Morgan fingerprint density at radius 1 is 0.944 bits per heavy atom. The fourth-order valence-corrected chi connectivity index (χ4v) is 2.99. The van der Waals surface area contributed by atoms with E-state index < -0.39 is 17.1 Å². The highest BCUT2D eigenvalue weighted by atomic mass is 16.6. The molecule has 0 saturated carbocycles. The van der Waals surface area contributed by atoms with Crippen molar-refractivity contribution in [2.75, 3.05) is 25.6 Å². The molecule has 0 aliphatic heterocycles. The predicted octanol–water partition coefficient (Wildman–Crippen LogP) is 5.81. The Kier molecular flexibility index (Phi) is 10.7. The van der Waals surface area contributed by atoms with Crippen molar-refractivity contribution in [3.05, 3.63) is 53.6 Å². The van der Waals surface area contributed by atoms with Crippen LogP contribution in [0.3, 0.4) is 0 Å². The molecule has 1 N–H and O–H groups in total. The first kappa shape index (κ1) is 29.1. The molecule has 0 atom stereocenters. The van der Waals surface area contributed by atoms with Gasteiger partial charge in [-0.25, -0.2) is 4.79 Å². The number of amides is 2. The Hall–Kier alpha value is -3.13. The van der Waals surface area contributed by atoms with Crippen LogP contribution in [0.2, 0.25) is 0 Å². The van der Waals surface area contributed by atoms with Gasteiger partial charge in [0.1, 0.15) is 11.4 Å². The van der Waals surface area contributed by atoms with Gasteiger partial charge in [0.2, 0.25) is 11.8 Å². The molecule has 2 aromatic rings. The summed E-state index contributed by atoms with van der Waals surface area (Å²) in [6.45, 7) is 12.9. The predicted molar refractivity (Wildman–Crippen MR) is 141 cm³/mol. The molecule has 0 spiro atoms. The summed E-state index contributed by atoms with van der Waals surface area (Å²) in [5.74, 6) is 0.603. The highest BCUT2D eigenvalue weighted by Gasteiger charge is 2.25. The SMILES string of the molecule is CN(Cc1ccc(OCCCCOCc2ccccc2)nc1NC(=O)C(C)(C)C)C(=O)OC(C)(C)C. The number of carbonyl (C=O) groups is 2. The lowest BCUT2D eigenvalue weighted by atomic mass is 9.95. The van der Waals surface area contributed by atoms with Crippen LogP contribution in [-0.2, 0) is 27.4 Å². The molecule has 1 aromatic heterocycles. The van der Waals surface area contributed by atoms with Gasteiger partial charge in [-0.05, 0) is 45.2 Å². The highest BCUT2D eigenvalue weighted by Crippen LogP contribution is 2.23. The topological polar surface area (TPSA) is 90.0 Å². The normalized spacial score (nSPS) is 11.6. The van der Waals surface area contributed by atoms with Crippen molar-refractivity contribution in [3.8, 4) is 5.88 Å². The van der Waals surface area contributed by atoms with Crippen molar-refractivity contribution in [2.24, 2.45) is 5.41 Å². The lowest BCUT2D eigenvalue weighted by Gasteiger charge is -2.25. The van der Waals surface area contributed by atoms with Crippen molar-refractivity contribution in [1.82, 2.24) is 9.88 Å². The van der Waals surface area contributed by atoms with Gasteiger partial charge in [-0.1, -0.05) is 51.1 Å². The largest absolute Gasteiger partial charge is 0.478 e. The van der Waals surface area contributed by atoms with E-state index in [2.05, 4.69) is 10.3 Å². The Bertz CT molecular complexity index is 981. The summed E-state index contributed by atoms with van der Waals surface area (Å²) in [4.78, 5) is 31.0. The number of benzene rings is 1. The lowest BCUT2D eigenvalue weighted by molar-refractivity contribution is -0.123. The molecule has 0 aliphatic rings. The van der Waals surface area contributed by atoms with Crippen LogP contribution in [0.15, 0.2) is 42.5 Å². The number of nitrogens with zero attached hydrogens (tertiary/aromatic N) is 2. The molecule has 2 rings (SSSR count). The van der Waals surface area contributed by atoms with Gasteiger partial charge in [0.15, 0.2) is 0 Å². The lowest BCUT2D eigenvalue weighted by Crippen LogP contribution is -2.34. The number of hydrogen-bond acceptors (Lipinski definition) is 6. The van der Waals surface area contributed by atoms with E-state index in [1.54, 1.807) is 13.1 Å². The molecule has 0 fully saturated rings. The van der Waals surface area contributed by atoms with E-state index in [4.69, 9.17) is 14.2 Å². The maximum Gasteiger partial charge on any atom is 0.410 e. The third-order valence-electron chi connectivity index (χ3n) is 5.02. The summed E-state index contributed by atoms with van der Waals surface area (Å²) in [7, 11) is 1.65. The first-order valence-corrected chi connectivity index (χ1v) is 12.3. The average Bonchev–Trinajstić information content (AvgIpc) is 2.78. The van der Waals surface area contributed by atoms with Crippen LogP contribution in [0, 0.1) is 5.41 Å². The summed E-state index contributed by atoms with van der Waals surface area (Å²) in [6, 6.07) is 13.6. The Morgan fingerprint density at radius 3 is 2.25 bits per heavy atom. The molecule has 0 unspecified atom stereocenters. The number of pyridine rings is 1. The maximum absolute atomic E-state index is 12.7. The van der Waals surface area contributed by atoms with Crippen LogP contribution in [0.1, 0.15) is 65.5 Å². The Balaban J connectivity index is 1.94. The minimum Gasteiger partial charge on any atom is -0.478 e. The van der Waals surface area contributed by atoms with Crippen LogP contribution in [-0.4, -0.2) is 47.7 Å². The van der Waals surface area contributed by atoms with Crippen molar-refractivity contribution >= 4 is 17.8 Å². The van der Waals surface area contributed by atoms with Crippen LogP contribution in [0.25, 0.3) is 0 Å². The molecule has 36 heavy (non-hydrogen) atoms. The molecular formula is C28H41N3O5. The number of rotatable bonds is 11. The van der Waals surface area contributed by atoms with Crippen molar-refractivity contribution in [3.63, 3.8) is 0 Å². The molecular weight excluding hydrogens is 458 g/mol. The standard InChI is InChI=1S/C28H41N3O5/c1-27(2,3)25(32)30-24-22(19-31(7)26(33)36-28(4,5)6)15-16-23(29-24)35-18-12-11-17-34-20-21-13-9-8-10-14-21/h8-10,13-16H,11-12,17-20H2,1-7H3,(H,29,30,32). The van der Waals surface area contributed by atoms with Gasteiger partial charge in [-0.3, -0.25) is 4.79 Å². The number of anilines is 1. The Morgan fingerprint density at radius 2 is 1.61 bits per heavy atom. The number of ether oxygens (including phenoxy) is 3. The average molecular weight is 500 g/mol. The smallest absolute Gasteiger partial charge is 0.410 e. The summed E-state index contributed by atoms with van der Waals surface area (Å²) >= 11 is 0. The van der Waals surface area contributed by atoms with Crippen molar-refractivity contribution < 1.29 is 23.8 Å². The van der Waals surface area contributed by atoms with E-state index in [-0.39, 0.29) is 12.5 Å². The van der Waals surface area contributed by atoms with Crippen molar-refractivity contribution in [1.29, 1.82) is 0 Å². The zero-order valence-corrected chi connectivity index (χ0v) is 22.7. The molecule has 1 aromatic carbocycles. The van der Waals surface area contributed by atoms with E-state index in [1.807, 2.05) is 77.9 Å². The zero-order valence-electron chi connectivity index (χ0n) is 22.7. The molecule has 198 valence electrons. The fourth-order valence-electron chi connectivity index (χ4n) is 2.99. The second-order valence-electron chi connectivity index (χ2n) is 10.8. The Labute approximate surface area is 215 Å². The first-order chi connectivity index (χ1) is 16.8. The molecule has 8 heteroatoms. The van der Waals surface area contributed by atoms with Gasteiger partial charge < -0.3 is 24.4 Å². The van der Waals surface area contributed by atoms with Crippen LogP contribution < -0.4 is 10.1 Å². The number of aromatic nitrogens is 1. The summed E-state index contributed by atoms with van der Waals surface area (Å²) in [5, 5.41) is 2.89. The molecule has 0 radical (unpaired) electrons. The van der Waals surface area contributed by atoms with Gasteiger partial charge in [0.25, 0.3) is 0 Å². The van der Waals surface area contributed by atoms with Crippen LogP contribution in [0.5, 0.6) is 5.88 Å². The van der Waals surface area contributed by atoms with Gasteiger partial charge in [-0.2, -0.15) is 4.98 Å². The minimum absolute atomic E-state index is 0.177. The number of hydrogen-bond donors (Lipinski definition) is 1. The summed E-state index contributed by atoms with van der Waals surface area (Å²) in [5.41, 5.74) is 0.631. The van der Waals surface area contributed by atoms with Gasteiger partial charge in [0, 0.05) is 30.7 Å². The summed E-state index contributed by atoms with van der Waals surface area (Å²) < 4.78 is 17.0. The number of unbranched alkanes of at least 4 members (excludes halogenated alkanes) is 1. The molecule has 0 saturated heterocycles. The van der Waals surface area contributed by atoms with Gasteiger partial charge in [-0.15, -0.1) is 0 Å². The molecule has 0 aliphatic carbocycles. The van der Waals surface area contributed by atoms with Gasteiger partial charge >= 0.3 is 6.09 Å². The minimum atomic E-state index is -0.605. The van der Waals surface area contributed by atoms with E-state index >= 15 is 0 Å². The fraction of sp³-hybridized carbons (Fsp3) is 0.536. The molecule has 0 bridgehead atoms. The monoisotopic (exact) mass is 499 g/mol. The number of nitrogens with one attached hydrogen (secondary N) is 1. The van der Waals surface area contributed by atoms with E-state index in [0.717, 1.165) is 18.4 Å². The maximum atomic E-state index is 12.7. The molecule has 8 nitrogen and oxygen atoms in total. The van der Waals surface area contributed by atoms with E-state index in [9.17, 15) is 9.59 Å². The van der Waals surface area contributed by atoms with E-state index in [0.29, 0.717) is 37.1 Å². The van der Waals surface area contributed by atoms with Crippen molar-refractivity contribution in [2.45, 2.75) is 73.1 Å². The molecule has 2 amide bonds. The molecule has 1 heterocycles. The van der Waals surface area contributed by atoms with Gasteiger partial charge in [0.05, 0.1) is 19.8 Å². The highest BCUT2D eigenvalue weighted by molar-refractivity contribution is 5.94. The third-order valence-corrected chi connectivity index (χ3v) is 5.02. The second kappa shape index (κ2) is 13.3. The van der Waals surface area contributed by atoms with E-state index in [1.165, 1.54) is 4.90 Å². The first-order valence-electron chi connectivity index (χ1n) is 12.3. The number of carbonyl (C=O) groups excluding carboxylic acids is 2.